The number of nitrogens with one attached hydrogen (secondary N) is 1. The van der Waals surface area contributed by atoms with E-state index in [1.165, 1.54) is 37.9 Å². The van der Waals surface area contributed by atoms with Gasteiger partial charge in [-0.2, -0.15) is 5.10 Å². The Morgan fingerprint density at radius 3 is 2.63 bits per heavy atom. The second-order valence-electron chi connectivity index (χ2n) is 7.28. The number of rotatable bonds is 5. The van der Waals surface area contributed by atoms with Crippen LogP contribution >= 0.6 is 0 Å². The van der Waals surface area contributed by atoms with Crippen molar-refractivity contribution in [2.75, 3.05) is 6.54 Å². The Balaban J connectivity index is 1.74. The summed E-state index contributed by atoms with van der Waals surface area (Å²) >= 11 is 0. The first-order chi connectivity index (χ1) is 8.97. The lowest BCUT2D eigenvalue weighted by atomic mass is 9.78. The smallest absolute Gasteiger partial charge is 0.0596 e. The topological polar surface area (TPSA) is 29.9 Å². The van der Waals surface area contributed by atoms with Crippen molar-refractivity contribution in [1.82, 2.24) is 15.1 Å². The van der Waals surface area contributed by atoms with Crippen molar-refractivity contribution in [1.29, 1.82) is 0 Å². The fourth-order valence-corrected chi connectivity index (χ4v) is 3.99. The molecule has 3 rings (SSSR count). The van der Waals surface area contributed by atoms with Crippen LogP contribution in [0.1, 0.15) is 44.5 Å². The lowest BCUT2D eigenvalue weighted by Gasteiger charge is -2.32. The maximum absolute atomic E-state index is 4.51. The second kappa shape index (κ2) is 4.62. The van der Waals surface area contributed by atoms with Crippen LogP contribution in [0, 0.1) is 24.2 Å². The van der Waals surface area contributed by atoms with E-state index in [1.54, 1.807) is 0 Å². The average Bonchev–Trinajstić information content (AvgIpc) is 2.81. The van der Waals surface area contributed by atoms with E-state index in [0.29, 0.717) is 11.5 Å². The monoisotopic (exact) mass is 261 g/mol. The van der Waals surface area contributed by atoms with Crippen LogP contribution in [-0.2, 0) is 13.5 Å². The van der Waals surface area contributed by atoms with Crippen molar-refractivity contribution in [3.8, 4) is 0 Å². The highest BCUT2D eigenvalue weighted by Crippen LogP contribution is 2.60. The molecule has 1 aromatic rings. The van der Waals surface area contributed by atoms with Gasteiger partial charge in [0.15, 0.2) is 0 Å². The molecule has 1 N–H and O–H groups in total. The van der Waals surface area contributed by atoms with E-state index >= 15 is 0 Å². The maximum atomic E-state index is 4.51. The van der Waals surface area contributed by atoms with E-state index in [2.05, 4.69) is 49.0 Å². The summed E-state index contributed by atoms with van der Waals surface area (Å²) < 4.78 is 2.08. The summed E-state index contributed by atoms with van der Waals surface area (Å²) in [5.41, 5.74) is 3.04. The largest absolute Gasteiger partial charge is 0.314 e. The zero-order valence-electron chi connectivity index (χ0n) is 12.7. The molecule has 0 bridgehead atoms. The Hall–Kier alpha value is -0.830. The molecule has 0 aliphatic heterocycles. The van der Waals surface area contributed by atoms with Crippen molar-refractivity contribution in [3.05, 3.63) is 17.5 Å². The molecule has 19 heavy (non-hydrogen) atoms. The first-order valence-electron chi connectivity index (χ1n) is 7.70. The molecule has 2 aliphatic rings. The minimum Gasteiger partial charge on any atom is -0.314 e. The van der Waals surface area contributed by atoms with E-state index < -0.39 is 0 Å². The van der Waals surface area contributed by atoms with E-state index in [0.717, 1.165) is 17.5 Å². The summed E-state index contributed by atoms with van der Waals surface area (Å²) in [5.74, 6) is 2.06. The van der Waals surface area contributed by atoms with Gasteiger partial charge in [0, 0.05) is 25.3 Å². The molecule has 0 radical (unpaired) electrons. The third kappa shape index (κ3) is 2.71. The van der Waals surface area contributed by atoms with Gasteiger partial charge < -0.3 is 5.32 Å². The van der Waals surface area contributed by atoms with Crippen LogP contribution in [0.5, 0.6) is 0 Å². The van der Waals surface area contributed by atoms with Gasteiger partial charge >= 0.3 is 0 Å². The highest BCUT2D eigenvalue weighted by Gasteiger charge is 2.53. The molecule has 3 heteroatoms. The predicted molar refractivity (Wildman–Crippen MR) is 78.1 cm³/mol. The zero-order valence-corrected chi connectivity index (χ0v) is 12.7. The first kappa shape index (κ1) is 13.2. The fraction of sp³-hybridized carbons (Fsp3) is 0.812. The van der Waals surface area contributed by atoms with Crippen LogP contribution in [0.3, 0.4) is 0 Å². The SMILES string of the molecule is Cc1cc(CC2(CNC(C)C)CC3CC3C2)n(C)n1. The number of aromatic nitrogens is 2. The van der Waals surface area contributed by atoms with Gasteiger partial charge in [0.1, 0.15) is 0 Å². The van der Waals surface area contributed by atoms with Gasteiger partial charge in [-0.3, -0.25) is 4.68 Å². The molecule has 2 saturated carbocycles. The molecule has 0 saturated heterocycles. The molecule has 2 fully saturated rings. The molecule has 0 aromatic carbocycles. The van der Waals surface area contributed by atoms with Gasteiger partial charge in [-0.25, -0.2) is 0 Å². The fourth-order valence-electron chi connectivity index (χ4n) is 3.99. The average molecular weight is 261 g/mol. The Bertz CT molecular complexity index is 451. The van der Waals surface area contributed by atoms with Crippen LogP contribution in [-0.4, -0.2) is 22.4 Å². The molecule has 2 atom stereocenters. The van der Waals surface area contributed by atoms with Crippen molar-refractivity contribution < 1.29 is 0 Å². The van der Waals surface area contributed by atoms with Gasteiger partial charge in [-0.15, -0.1) is 0 Å². The lowest BCUT2D eigenvalue weighted by molar-refractivity contribution is 0.236. The van der Waals surface area contributed by atoms with Crippen molar-refractivity contribution in [3.63, 3.8) is 0 Å². The van der Waals surface area contributed by atoms with Gasteiger partial charge in [0.2, 0.25) is 0 Å². The third-order valence-electron chi connectivity index (χ3n) is 5.00. The summed E-state index contributed by atoms with van der Waals surface area (Å²) in [6, 6.07) is 2.85. The minimum atomic E-state index is 0.484. The third-order valence-corrected chi connectivity index (χ3v) is 5.00. The number of nitrogens with zero attached hydrogens (tertiary/aromatic N) is 2. The second-order valence-corrected chi connectivity index (χ2v) is 7.28. The number of hydrogen-bond donors (Lipinski definition) is 1. The van der Waals surface area contributed by atoms with E-state index in [9.17, 15) is 0 Å². The van der Waals surface area contributed by atoms with E-state index in [1.807, 2.05) is 0 Å². The van der Waals surface area contributed by atoms with Gasteiger partial charge in [0.25, 0.3) is 0 Å². The predicted octanol–water partition coefficient (Wildman–Crippen LogP) is 2.69. The molecule has 1 aromatic heterocycles. The van der Waals surface area contributed by atoms with Crippen LogP contribution in [0.4, 0.5) is 0 Å². The van der Waals surface area contributed by atoms with Crippen LogP contribution in [0.2, 0.25) is 0 Å². The first-order valence-corrected chi connectivity index (χ1v) is 7.70. The standard InChI is InChI=1S/C16H27N3/c1-11(2)17-10-16(7-13-6-14(13)8-16)9-15-5-12(3)18-19(15)4/h5,11,13-14,17H,6-10H2,1-4H3. The minimum absolute atomic E-state index is 0.484. The van der Waals surface area contributed by atoms with Gasteiger partial charge in [0.05, 0.1) is 5.69 Å². The summed E-state index contributed by atoms with van der Waals surface area (Å²) in [5, 5.41) is 8.19. The molecule has 0 spiro atoms. The van der Waals surface area contributed by atoms with Gasteiger partial charge in [-0.05, 0) is 55.9 Å². The summed E-state index contributed by atoms with van der Waals surface area (Å²) in [4.78, 5) is 0. The molecular weight excluding hydrogens is 234 g/mol. The Kier molecular flexibility index (Phi) is 3.20. The van der Waals surface area contributed by atoms with Crippen molar-refractivity contribution in [2.45, 2.75) is 52.5 Å². The lowest BCUT2D eigenvalue weighted by Crippen LogP contribution is -2.38. The number of aryl methyl sites for hydroxylation is 2. The number of fused-ring (bicyclic) bond motifs is 1. The Morgan fingerprint density at radius 2 is 2.11 bits per heavy atom. The summed E-state index contributed by atoms with van der Waals surface area (Å²) in [6.45, 7) is 7.76. The molecule has 106 valence electrons. The van der Waals surface area contributed by atoms with Crippen LogP contribution in [0.25, 0.3) is 0 Å². The van der Waals surface area contributed by atoms with E-state index in [-0.39, 0.29) is 0 Å². The highest BCUT2D eigenvalue weighted by molar-refractivity contribution is 5.15. The van der Waals surface area contributed by atoms with E-state index in [4.69, 9.17) is 0 Å². The quantitative estimate of drug-likeness (QED) is 0.883. The normalized spacial score (nSPS) is 32.9. The molecular formula is C16H27N3. The summed E-state index contributed by atoms with van der Waals surface area (Å²) in [7, 11) is 2.08. The van der Waals surface area contributed by atoms with Crippen LogP contribution in [0.15, 0.2) is 6.07 Å². The van der Waals surface area contributed by atoms with Gasteiger partial charge in [-0.1, -0.05) is 13.8 Å². The molecule has 0 amide bonds. The molecule has 1 heterocycles. The highest BCUT2D eigenvalue weighted by atomic mass is 15.3. The summed E-state index contributed by atoms with van der Waals surface area (Å²) in [6.07, 6.45) is 5.52. The Morgan fingerprint density at radius 1 is 1.42 bits per heavy atom. The maximum Gasteiger partial charge on any atom is 0.0596 e. The van der Waals surface area contributed by atoms with Crippen molar-refractivity contribution in [2.24, 2.45) is 24.3 Å². The Labute approximate surface area is 116 Å². The molecule has 3 nitrogen and oxygen atoms in total. The number of hydrogen-bond acceptors (Lipinski definition) is 2. The van der Waals surface area contributed by atoms with Crippen molar-refractivity contribution >= 4 is 0 Å². The zero-order chi connectivity index (χ0) is 13.6. The molecule has 2 aliphatic carbocycles. The van der Waals surface area contributed by atoms with Crippen LogP contribution < -0.4 is 5.32 Å². The molecule has 2 unspecified atom stereocenters.